The third-order valence-corrected chi connectivity index (χ3v) is 5.11. The largest absolute Gasteiger partial charge is 0.493 e. The van der Waals surface area contributed by atoms with E-state index in [2.05, 4.69) is 5.32 Å². The molecule has 7 heteroatoms. The van der Waals surface area contributed by atoms with Crippen LogP contribution in [0.5, 0.6) is 11.5 Å². The van der Waals surface area contributed by atoms with E-state index in [0.29, 0.717) is 34.3 Å². The normalized spacial score (nSPS) is 12.6. The molecule has 2 atom stereocenters. The number of anilines is 1. The van der Waals surface area contributed by atoms with Crippen molar-refractivity contribution in [2.24, 2.45) is 0 Å². The van der Waals surface area contributed by atoms with Gasteiger partial charge >= 0.3 is 0 Å². The van der Waals surface area contributed by atoms with E-state index >= 15 is 0 Å². The molecular formula is C21H25ClN3O3+. The van der Waals surface area contributed by atoms with E-state index in [4.69, 9.17) is 26.3 Å². The molecule has 0 fully saturated rings. The number of likely N-dealkylation sites (N-methyl/N-ethyl adjacent to an activating group) is 1. The Labute approximate surface area is 170 Å². The van der Waals surface area contributed by atoms with Crippen molar-refractivity contribution in [3.8, 4) is 17.6 Å². The van der Waals surface area contributed by atoms with Crippen LogP contribution in [0, 0.1) is 18.3 Å². The van der Waals surface area contributed by atoms with Crippen molar-refractivity contribution in [3.63, 3.8) is 0 Å². The third-order valence-electron chi connectivity index (χ3n) is 4.80. The highest BCUT2D eigenvalue weighted by Crippen LogP contribution is 2.30. The summed E-state index contributed by atoms with van der Waals surface area (Å²) in [4.78, 5) is 13.7. The number of benzene rings is 2. The lowest BCUT2D eigenvalue weighted by atomic mass is 10.1. The highest BCUT2D eigenvalue weighted by molar-refractivity contribution is 6.32. The Balaban J connectivity index is 2.10. The summed E-state index contributed by atoms with van der Waals surface area (Å²) in [6.45, 7) is 4.52. The van der Waals surface area contributed by atoms with Gasteiger partial charge in [0.1, 0.15) is 12.6 Å². The minimum absolute atomic E-state index is 0.128. The van der Waals surface area contributed by atoms with E-state index in [9.17, 15) is 4.79 Å². The third kappa shape index (κ3) is 4.94. The van der Waals surface area contributed by atoms with Gasteiger partial charge in [-0.1, -0.05) is 11.6 Å². The summed E-state index contributed by atoms with van der Waals surface area (Å²) in [6, 6.07) is 10.4. The van der Waals surface area contributed by atoms with Crippen molar-refractivity contribution in [1.29, 1.82) is 5.26 Å². The number of rotatable bonds is 7. The standard InChI is InChI=1S/C21H24ClN3O3/c1-13-8-19(27-4)20(28-5)9-16(13)12-25(3)14(2)21(26)24-17-7-6-15(11-23)18(22)10-17/h6-10,14H,12H2,1-5H3,(H,24,26)/p+1/t14-/m0/s1. The second kappa shape index (κ2) is 9.45. The maximum atomic E-state index is 12.6. The van der Waals surface area contributed by atoms with Crippen LogP contribution < -0.4 is 19.7 Å². The number of hydrogen-bond acceptors (Lipinski definition) is 4. The minimum atomic E-state index is -0.304. The molecule has 28 heavy (non-hydrogen) atoms. The first-order valence-electron chi connectivity index (χ1n) is 8.85. The van der Waals surface area contributed by atoms with Gasteiger partial charge in [0.25, 0.3) is 5.91 Å². The molecule has 0 aromatic heterocycles. The second-order valence-electron chi connectivity index (χ2n) is 6.67. The molecule has 0 aliphatic heterocycles. The van der Waals surface area contributed by atoms with Crippen LogP contribution in [0.3, 0.4) is 0 Å². The first-order valence-corrected chi connectivity index (χ1v) is 9.22. The van der Waals surface area contributed by atoms with Crippen molar-refractivity contribution < 1.29 is 19.2 Å². The Kier molecular flexibility index (Phi) is 7.27. The van der Waals surface area contributed by atoms with E-state index < -0.39 is 0 Å². The maximum Gasteiger partial charge on any atom is 0.282 e. The number of aryl methyl sites for hydroxylation is 1. The Morgan fingerprint density at radius 1 is 1.25 bits per heavy atom. The highest BCUT2D eigenvalue weighted by atomic mass is 35.5. The molecule has 0 radical (unpaired) electrons. The van der Waals surface area contributed by atoms with Gasteiger partial charge in [0.2, 0.25) is 0 Å². The van der Waals surface area contributed by atoms with E-state index in [1.54, 1.807) is 32.4 Å². The van der Waals surface area contributed by atoms with Crippen LogP contribution in [0.4, 0.5) is 5.69 Å². The number of nitrogens with zero attached hydrogens (tertiary/aromatic N) is 1. The van der Waals surface area contributed by atoms with Crippen LogP contribution >= 0.6 is 11.6 Å². The Bertz CT molecular complexity index is 908. The average molecular weight is 403 g/mol. The summed E-state index contributed by atoms with van der Waals surface area (Å²) < 4.78 is 10.7. The van der Waals surface area contributed by atoms with Crippen LogP contribution in [-0.4, -0.2) is 33.2 Å². The molecule has 1 amide bonds. The Morgan fingerprint density at radius 2 is 1.89 bits per heavy atom. The van der Waals surface area contributed by atoms with Gasteiger partial charge in [0, 0.05) is 11.3 Å². The van der Waals surface area contributed by atoms with E-state index in [-0.39, 0.29) is 11.9 Å². The van der Waals surface area contributed by atoms with Gasteiger partial charge in [0.05, 0.1) is 31.9 Å². The predicted octanol–water partition coefficient (Wildman–Crippen LogP) is 2.58. The molecule has 2 rings (SSSR count). The smallest absolute Gasteiger partial charge is 0.282 e. The predicted molar refractivity (Wildman–Crippen MR) is 109 cm³/mol. The number of ether oxygens (including phenoxy) is 2. The summed E-state index contributed by atoms with van der Waals surface area (Å²) in [5.41, 5.74) is 3.09. The molecule has 0 saturated carbocycles. The molecule has 0 heterocycles. The van der Waals surface area contributed by atoms with E-state index in [0.717, 1.165) is 16.0 Å². The molecule has 0 bridgehead atoms. The van der Waals surface area contributed by atoms with Crippen molar-refractivity contribution in [1.82, 2.24) is 0 Å². The average Bonchev–Trinajstić information content (AvgIpc) is 2.68. The first kappa shape index (κ1) is 21.5. The summed E-state index contributed by atoms with van der Waals surface area (Å²) in [6.07, 6.45) is 0. The Hall–Kier alpha value is -2.75. The molecule has 2 aromatic rings. The van der Waals surface area contributed by atoms with Crippen LogP contribution in [0.15, 0.2) is 30.3 Å². The second-order valence-corrected chi connectivity index (χ2v) is 7.08. The van der Waals surface area contributed by atoms with Crippen LogP contribution in [-0.2, 0) is 11.3 Å². The van der Waals surface area contributed by atoms with Gasteiger partial charge in [-0.15, -0.1) is 0 Å². The minimum Gasteiger partial charge on any atom is -0.493 e. The molecule has 1 unspecified atom stereocenters. The van der Waals surface area contributed by atoms with Gasteiger partial charge in [-0.3, -0.25) is 4.79 Å². The zero-order chi connectivity index (χ0) is 20.8. The van der Waals surface area contributed by atoms with Crippen LogP contribution in [0.1, 0.15) is 23.6 Å². The molecule has 0 saturated heterocycles. The Morgan fingerprint density at radius 3 is 2.46 bits per heavy atom. The number of hydrogen-bond donors (Lipinski definition) is 2. The summed E-state index contributed by atoms with van der Waals surface area (Å²) in [5, 5.41) is 12.1. The molecular weight excluding hydrogens is 378 g/mol. The SMILES string of the molecule is COc1cc(C)c(C[NH+](C)[C@@H](C)C(=O)Nc2ccc(C#N)c(Cl)c2)cc1OC. The van der Waals surface area contributed by atoms with Gasteiger partial charge in [-0.05, 0) is 49.7 Å². The van der Waals surface area contributed by atoms with Crippen molar-refractivity contribution in [3.05, 3.63) is 52.0 Å². The molecule has 148 valence electrons. The molecule has 6 nitrogen and oxygen atoms in total. The van der Waals surface area contributed by atoms with Crippen molar-refractivity contribution in [2.75, 3.05) is 26.6 Å². The number of amides is 1. The lowest BCUT2D eigenvalue weighted by Crippen LogP contribution is -3.12. The first-order chi connectivity index (χ1) is 13.3. The fourth-order valence-electron chi connectivity index (χ4n) is 2.82. The van der Waals surface area contributed by atoms with Crippen molar-refractivity contribution in [2.45, 2.75) is 26.4 Å². The number of nitrogens with one attached hydrogen (secondary N) is 2. The fourth-order valence-corrected chi connectivity index (χ4v) is 3.05. The van der Waals surface area contributed by atoms with Gasteiger partial charge in [0.15, 0.2) is 17.5 Å². The zero-order valence-corrected chi connectivity index (χ0v) is 17.5. The highest BCUT2D eigenvalue weighted by Gasteiger charge is 2.23. The number of halogens is 1. The number of carbonyl (C=O) groups excluding carboxylic acids is 1. The number of methoxy groups -OCH3 is 2. The van der Waals surface area contributed by atoms with Crippen LogP contribution in [0.25, 0.3) is 0 Å². The molecule has 0 aliphatic rings. The maximum absolute atomic E-state index is 12.6. The summed E-state index contributed by atoms with van der Waals surface area (Å²) in [5.74, 6) is 1.22. The molecule has 0 spiro atoms. The topological polar surface area (TPSA) is 75.8 Å². The fraction of sp³-hybridized carbons (Fsp3) is 0.333. The monoisotopic (exact) mass is 402 g/mol. The lowest BCUT2D eigenvalue weighted by molar-refractivity contribution is -0.907. The number of carbonyl (C=O) groups is 1. The molecule has 0 aliphatic carbocycles. The van der Waals surface area contributed by atoms with E-state index in [1.165, 1.54) is 0 Å². The van der Waals surface area contributed by atoms with Crippen molar-refractivity contribution >= 4 is 23.2 Å². The number of nitriles is 1. The van der Waals surface area contributed by atoms with Gasteiger partial charge < -0.3 is 19.7 Å². The molecule has 2 N–H and O–H groups in total. The van der Waals surface area contributed by atoms with Gasteiger partial charge in [-0.2, -0.15) is 5.26 Å². The quantitative estimate of drug-likeness (QED) is 0.746. The number of quaternary nitrogens is 1. The molecule has 2 aromatic carbocycles. The summed E-state index contributed by atoms with van der Waals surface area (Å²) in [7, 11) is 5.18. The summed E-state index contributed by atoms with van der Waals surface area (Å²) >= 11 is 6.03. The van der Waals surface area contributed by atoms with E-state index in [1.807, 2.05) is 39.1 Å². The zero-order valence-electron chi connectivity index (χ0n) is 16.7. The van der Waals surface area contributed by atoms with Crippen LogP contribution in [0.2, 0.25) is 5.02 Å². The van der Waals surface area contributed by atoms with Gasteiger partial charge in [-0.25, -0.2) is 0 Å². The lowest BCUT2D eigenvalue weighted by Gasteiger charge is -2.22.